The van der Waals surface area contributed by atoms with Gasteiger partial charge in [-0.25, -0.2) is 0 Å². The minimum atomic E-state index is 0. The van der Waals surface area contributed by atoms with E-state index in [-0.39, 0.29) is 24.0 Å². The lowest BCUT2D eigenvalue weighted by Gasteiger charge is -2.11. The maximum atomic E-state index is 5.00. The van der Waals surface area contributed by atoms with Crippen LogP contribution in [0.5, 0.6) is 0 Å². The van der Waals surface area contributed by atoms with Crippen LogP contribution in [-0.4, -0.2) is 49.6 Å². The second-order valence-corrected chi connectivity index (χ2v) is 4.40. The van der Waals surface area contributed by atoms with Gasteiger partial charge in [0.2, 0.25) is 0 Å². The van der Waals surface area contributed by atoms with Crippen molar-refractivity contribution in [3.63, 3.8) is 0 Å². The number of methoxy groups -OCH3 is 1. The fourth-order valence-electron chi connectivity index (χ4n) is 1.74. The largest absolute Gasteiger partial charge is 0.385 e. The first-order valence-corrected chi connectivity index (χ1v) is 6.67. The number of aromatic nitrogens is 2. The molecule has 20 heavy (non-hydrogen) atoms. The maximum Gasteiger partial charge on any atom is 0.190 e. The van der Waals surface area contributed by atoms with Crippen molar-refractivity contribution in [2.75, 3.05) is 33.9 Å². The van der Waals surface area contributed by atoms with Gasteiger partial charge in [-0.15, -0.1) is 24.0 Å². The van der Waals surface area contributed by atoms with Crippen molar-refractivity contribution in [1.29, 1.82) is 0 Å². The van der Waals surface area contributed by atoms with Crippen LogP contribution in [0.4, 0.5) is 0 Å². The van der Waals surface area contributed by atoms with Crippen LogP contribution in [0.15, 0.2) is 17.4 Å². The number of hydrogen-bond acceptors (Lipinski definition) is 3. The van der Waals surface area contributed by atoms with Crippen molar-refractivity contribution in [2.45, 2.75) is 19.3 Å². The van der Waals surface area contributed by atoms with E-state index in [0.717, 1.165) is 44.9 Å². The number of guanidine groups is 1. The zero-order valence-corrected chi connectivity index (χ0v) is 14.9. The van der Waals surface area contributed by atoms with Crippen molar-refractivity contribution >= 4 is 29.9 Å². The third-order valence-electron chi connectivity index (χ3n) is 2.73. The van der Waals surface area contributed by atoms with Crippen LogP contribution in [-0.2, 0) is 18.2 Å². The minimum Gasteiger partial charge on any atom is -0.385 e. The zero-order valence-electron chi connectivity index (χ0n) is 12.6. The van der Waals surface area contributed by atoms with Crippen molar-refractivity contribution < 1.29 is 4.74 Å². The Morgan fingerprint density at radius 2 is 2.05 bits per heavy atom. The summed E-state index contributed by atoms with van der Waals surface area (Å²) in [5.41, 5.74) is 1.27. The molecule has 1 aromatic rings. The lowest BCUT2D eigenvalue weighted by Crippen LogP contribution is -2.38. The number of nitrogens with one attached hydrogen (secondary N) is 2. The topological polar surface area (TPSA) is 63.5 Å². The number of rotatable bonds is 8. The third-order valence-corrected chi connectivity index (χ3v) is 2.73. The summed E-state index contributed by atoms with van der Waals surface area (Å²) in [5, 5.41) is 10.7. The molecule has 116 valence electrons. The highest BCUT2D eigenvalue weighted by Gasteiger charge is 1.98. The van der Waals surface area contributed by atoms with Gasteiger partial charge < -0.3 is 15.4 Å². The van der Waals surface area contributed by atoms with Crippen LogP contribution in [0.25, 0.3) is 0 Å². The Morgan fingerprint density at radius 1 is 1.35 bits per heavy atom. The lowest BCUT2D eigenvalue weighted by atomic mass is 10.2. The summed E-state index contributed by atoms with van der Waals surface area (Å²) in [6.45, 7) is 2.54. The normalized spacial score (nSPS) is 11.1. The Balaban J connectivity index is 0.00000361. The molecule has 0 aliphatic rings. The molecular weight excluding hydrogens is 369 g/mol. The predicted octanol–water partition coefficient (Wildman–Crippen LogP) is 1.17. The Morgan fingerprint density at radius 3 is 2.60 bits per heavy atom. The molecule has 0 unspecified atom stereocenters. The molecule has 0 bridgehead atoms. The van der Waals surface area contributed by atoms with Gasteiger partial charge in [0.15, 0.2) is 5.96 Å². The van der Waals surface area contributed by atoms with Gasteiger partial charge in [-0.2, -0.15) is 5.10 Å². The van der Waals surface area contributed by atoms with E-state index in [1.54, 1.807) is 14.2 Å². The number of halogens is 1. The highest BCUT2D eigenvalue weighted by atomic mass is 127. The van der Waals surface area contributed by atoms with Gasteiger partial charge in [0.25, 0.3) is 0 Å². The van der Waals surface area contributed by atoms with Crippen LogP contribution < -0.4 is 10.6 Å². The molecule has 0 radical (unpaired) electrons. The summed E-state index contributed by atoms with van der Waals surface area (Å²) in [6, 6.07) is 0. The van der Waals surface area contributed by atoms with E-state index in [1.807, 2.05) is 17.9 Å². The molecule has 7 heteroatoms. The van der Waals surface area contributed by atoms with E-state index in [9.17, 15) is 0 Å². The molecule has 2 N–H and O–H groups in total. The number of nitrogens with zero attached hydrogens (tertiary/aromatic N) is 3. The van der Waals surface area contributed by atoms with Gasteiger partial charge in [-0.05, 0) is 24.8 Å². The summed E-state index contributed by atoms with van der Waals surface area (Å²) in [7, 11) is 5.44. The maximum absolute atomic E-state index is 5.00. The van der Waals surface area contributed by atoms with Crippen molar-refractivity contribution in [3.8, 4) is 0 Å². The molecule has 0 saturated carbocycles. The molecule has 0 fully saturated rings. The fraction of sp³-hybridized carbons (Fsp3) is 0.692. The second kappa shape index (κ2) is 12.0. The van der Waals surface area contributed by atoms with Crippen LogP contribution in [0.2, 0.25) is 0 Å². The van der Waals surface area contributed by atoms with Crippen molar-refractivity contribution in [2.24, 2.45) is 12.0 Å². The molecule has 0 saturated heterocycles. The number of hydrogen-bond donors (Lipinski definition) is 2. The van der Waals surface area contributed by atoms with E-state index in [4.69, 9.17) is 4.74 Å². The van der Waals surface area contributed by atoms with E-state index in [0.29, 0.717) is 0 Å². The van der Waals surface area contributed by atoms with Crippen LogP contribution in [0.3, 0.4) is 0 Å². The van der Waals surface area contributed by atoms with Crippen LogP contribution in [0, 0.1) is 0 Å². The smallest absolute Gasteiger partial charge is 0.190 e. The van der Waals surface area contributed by atoms with Crippen LogP contribution >= 0.6 is 24.0 Å². The Hall–Kier alpha value is -0.830. The zero-order chi connectivity index (χ0) is 13.9. The summed E-state index contributed by atoms with van der Waals surface area (Å²) < 4.78 is 6.83. The number of aliphatic imine (C=N–C) groups is 1. The monoisotopic (exact) mass is 395 g/mol. The first kappa shape index (κ1) is 19.2. The Bertz CT molecular complexity index is 381. The summed E-state index contributed by atoms with van der Waals surface area (Å²) in [6.07, 6.45) is 7.04. The highest BCUT2D eigenvalue weighted by molar-refractivity contribution is 14.0. The number of aryl methyl sites for hydroxylation is 2. The summed E-state index contributed by atoms with van der Waals surface area (Å²) in [4.78, 5) is 4.17. The van der Waals surface area contributed by atoms with Crippen molar-refractivity contribution in [3.05, 3.63) is 18.0 Å². The first-order chi connectivity index (χ1) is 9.26. The molecule has 0 aliphatic carbocycles. The summed E-state index contributed by atoms with van der Waals surface area (Å²) >= 11 is 0. The Kier molecular flexibility index (Phi) is 11.5. The molecule has 0 atom stereocenters. The molecule has 0 aromatic carbocycles. The quantitative estimate of drug-likeness (QED) is 0.300. The van der Waals surface area contributed by atoms with E-state index >= 15 is 0 Å². The number of ether oxygens (including phenoxy) is 1. The third kappa shape index (κ3) is 8.36. The average molecular weight is 395 g/mol. The van der Waals surface area contributed by atoms with Gasteiger partial charge in [0, 0.05) is 47.1 Å². The van der Waals surface area contributed by atoms with E-state index < -0.39 is 0 Å². The standard InChI is InChI=1S/C13H25N5O.HI/c1-14-13(16-8-5-9-19-3)15-7-4-6-12-10-17-18(2)11-12;/h10-11H,4-9H2,1-3H3,(H2,14,15,16);1H. The van der Waals surface area contributed by atoms with E-state index in [1.165, 1.54) is 5.56 Å². The van der Waals surface area contributed by atoms with Crippen LogP contribution in [0.1, 0.15) is 18.4 Å². The van der Waals surface area contributed by atoms with Crippen molar-refractivity contribution in [1.82, 2.24) is 20.4 Å². The first-order valence-electron chi connectivity index (χ1n) is 6.67. The van der Waals surface area contributed by atoms with E-state index in [2.05, 4.69) is 26.9 Å². The molecule has 1 aromatic heterocycles. The highest BCUT2D eigenvalue weighted by Crippen LogP contribution is 1.99. The molecule has 0 spiro atoms. The molecule has 6 nitrogen and oxygen atoms in total. The Labute approximate surface area is 138 Å². The van der Waals surface area contributed by atoms with Gasteiger partial charge in [0.1, 0.15) is 0 Å². The fourth-order valence-corrected chi connectivity index (χ4v) is 1.74. The lowest BCUT2D eigenvalue weighted by molar-refractivity contribution is 0.195. The average Bonchev–Trinajstić information content (AvgIpc) is 2.82. The SMILES string of the molecule is CN=C(NCCCOC)NCCCc1cnn(C)c1.I. The van der Waals surface area contributed by atoms with Gasteiger partial charge in [-0.3, -0.25) is 9.67 Å². The van der Waals surface area contributed by atoms with Gasteiger partial charge in [-0.1, -0.05) is 0 Å². The predicted molar refractivity (Wildman–Crippen MR) is 92.8 cm³/mol. The minimum absolute atomic E-state index is 0. The molecule has 0 amide bonds. The van der Waals surface area contributed by atoms with Gasteiger partial charge >= 0.3 is 0 Å². The molecule has 1 rings (SSSR count). The molecular formula is C13H26IN5O. The summed E-state index contributed by atoms with van der Waals surface area (Å²) in [5.74, 6) is 0.849. The molecule has 0 aliphatic heterocycles. The second-order valence-electron chi connectivity index (χ2n) is 4.40. The van der Waals surface area contributed by atoms with Gasteiger partial charge in [0.05, 0.1) is 6.20 Å². The molecule has 1 heterocycles.